The lowest BCUT2D eigenvalue weighted by molar-refractivity contribution is -0.128. The number of hydrogen-bond acceptors (Lipinski definition) is 2. The smallest absolute Gasteiger partial charge is 0.219 e. The molecule has 2 rings (SSSR count). The van der Waals surface area contributed by atoms with Crippen LogP contribution in [0.15, 0.2) is 48.5 Å². The predicted octanol–water partition coefficient (Wildman–Crippen LogP) is 3.93. The highest BCUT2D eigenvalue weighted by Crippen LogP contribution is 2.18. The van der Waals surface area contributed by atoms with Gasteiger partial charge in [0.25, 0.3) is 0 Å². The topological polar surface area (TPSA) is 32.3 Å². The molecule has 21 heavy (non-hydrogen) atoms. The molecular weight excluding hydrogens is 284 g/mol. The van der Waals surface area contributed by atoms with Crippen LogP contribution in [-0.2, 0) is 17.9 Å². The Morgan fingerprint density at radius 2 is 1.81 bits per heavy atom. The Labute approximate surface area is 130 Å². The van der Waals surface area contributed by atoms with Crippen LogP contribution in [0.25, 0.3) is 0 Å². The maximum Gasteiger partial charge on any atom is 0.219 e. The molecule has 3 nitrogen and oxygen atoms in total. The number of amides is 1. The van der Waals surface area contributed by atoms with Crippen molar-refractivity contribution in [1.29, 1.82) is 0 Å². The SMILES string of the molecule is CC(=O)N(C)Cc1ccccc1NCc1ccc(Cl)cc1. The van der Waals surface area contributed by atoms with Gasteiger partial charge >= 0.3 is 0 Å². The normalized spacial score (nSPS) is 10.2. The van der Waals surface area contributed by atoms with Gasteiger partial charge in [0, 0.05) is 37.8 Å². The van der Waals surface area contributed by atoms with E-state index >= 15 is 0 Å². The van der Waals surface area contributed by atoms with Crippen molar-refractivity contribution in [3.8, 4) is 0 Å². The molecule has 4 heteroatoms. The zero-order valence-corrected chi connectivity index (χ0v) is 13.0. The number of hydrogen-bond donors (Lipinski definition) is 1. The van der Waals surface area contributed by atoms with Crippen LogP contribution in [0.5, 0.6) is 0 Å². The Morgan fingerprint density at radius 1 is 1.14 bits per heavy atom. The van der Waals surface area contributed by atoms with Crippen molar-refractivity contribution in [3.63, 3.8) is 0 Å². The number of nitrogens with one attached hydrogen (secondary N) is 1. The molecule has 0 radical (unpaired) electrons. The van der Waals surface area contributed by atoms with Crippen molar-refractivity contribution >= 4 is 23.2 Å². The largest absolute Gasteiger partial charge is 0.381 e. The van der Waals surface area contributed by atoms with Crippen molar-refractivity contribution in [3.05, 3.63) is 64.7 Å². The van der Waals surface area contributed by atoms with E-state index < -0.39 is 0 Å². The summed E-state index contributed by atoms with van der Waals surface area (Å²) in [6, 6.07) is 15.8. The number of carbonyl (C=O) groups is 1. The highest BCUT2D eigenvalue weighted by molar-refractivity contribution is 6.30. The zero-order chi connectivity index (χ0) is 15.2. The molecule has 1 amide bonds. The summed E-state index contributed by atoms with van der Waals surface area (Å²) >= 11 is 5.88. The maximum absolute atomic E-state index is 11.4. The number of halogens is 1. The van der Waals surface area contributed by atoms with Gasteiger partial charge < -0.3 is 10.2 Å². The highest BCUT2D eigenvalue weighted by Gasteiger charge is 2.07. The summed E-state index contributed by atoms with van der Waals surface area (Å²) in [4.78, 5) is 13.1. The highest BCUT2D eigenvalue weighted by atomic mass is 35.5. The van der Waals surface area contributed by atoms with E-state index in [-0.39, 0.29) is 5.91 Å². The minimum absolute atomic E-state index is 0.0579. The molecule has 0 saturated carbocycles. The molecule has 0 atom stereocenters. The molecule has 0 bridgehead atoms. The van der Waals surface area contributed by atoms with Gasteiger partial charge in [0.1, 0.15) is 0 Å². The second-order valence-electron chi connectivity index (χ2n) is 5.01. The van der Waals surface area contributed by atoms with E-state index in [1.807, 2.05) is 48.5 Å². The first kappa shape index (κ1) is 15.4. The van der Waals surface area contributed by atoms with Crippen molar-refractivity contribution in [1.82, 2.24) is 4.90 Å². The molecule has 0 fully saturated rings. The second-order valence-corrected chi connectivity index (χ2v) is 5.45. The van der Waals surface area contributed by atoms with Gasteiger partial charge in [-0.1, -0.05) is 41.9 Å². The molecule has 0 saturated heterocycles. The van der Waals surface area contributed by atoms with Crippen LogP contribution in [0, 0.1) is 0 Å². The van der Waals surface area contributed by atoms with Crippen molar-refractivity contribution in [2.75, 3.05) is 12.4 Å². The van der Waals surface area contributed by atoms with Gasteiger partial charge in [-0.15, -0.1) is 0 Å². The van der Waals surface area contributed by atoms with Crippen LogP contribution in [0.3, 0.4) is 0 Å². The number of rotatable bonds is 5. The molecule has 0 heterocycles. The van der Waals surface area contributed by atoms with E-state index in [1.165, 1.54) is 0 Å². The third kappa shape index (κ3) is 4.50. The summed E-state index contributed by atoms with van der Waals surface area (Å²) in [5.41, 5.74) is 3.30. The summed E-state index contributed by atoms with van der Waals surface area (Å²) in [6.07, 6.45) is 0. The quantitative estimate of drug-likeness (QED) is 0.907. The molecule has 0 spiro atoms. The number of anilines is 1. The fourth-order valence-corrected chi connectivity index (χ4v) is 2.12. The van der Waals surface area contributed by atoms with E-state index in [4.69, 9.17) is 11.6 Å². The molecule has 0 unspecified atom stereocenters. The van der Waals surface area contributed by atoms with Crippen LogP contribution in [-0.4, -0.2) is 17.9 Å². The fraction of sp³-hybridized carbons (Fsp3) is 0.235. The number of para-hydroxylation sites is 1. The van der Waals surface area contributed by atoms with Gasteiger partial charge in [0.05, 0.1) is 0 Å². The Bertz CT molecular complexity index is 610. The summed E-state index contributed by atoms with van der Waals surface area (Å²) in [5, 5.41) is 4.15. The van der Waals surface area contributed by atoms with Gasteiger partial charge in [0.15, 0.2) is 0 Å². The summed E-state index contributed by atoms with van der Waals surface area (Å²) in [7, 11) is 1.80. The average Bonchev–Trinajstić information content (AvgIpc) is 2.48. The summed E-state index contributed by atoms with van der Waals surface area (Å²) < 4.78 is 0. The van der Waals surface area contributed by atoms with Crippen LogP contribution in [0.4, 0.5) is 5.69 Å². The van der Waals surface area contributed by atoms with E-state index in [1.54, 1.807) is 18.9 Å². The molecule has 0 aliphatic carbocycles. The van der Waals surface area contributed by atoms with Crippen LogP contribution >= 0.6 is 11.6 Å². The first-order chi connectivity index (χ1) is 10.1. The first-order valence-corrected chi connectivity index (χ1v) is 7.22. The van der Waals surface area contributed by atoms with Crippen molar-refractivity contribution in [2.45, 2.75) is 20.0 Å². The van der Waals surface area contributed by atoms with E-state index in [2.05, 4.69) is 5.32 Å². The third-order valence-electron chi connectivity index (χ3n) is 3.36. The summed E-state index contributed by atoms with van der Waals surface area (Å²) in [5.74, 6) is 0.0579. The van der Waals surface area contributed by atoms with Gasteiger partial charge in [0.2, 0.25) is 5.91 Å². The van der Waals surface area contributed by atoms with Crippen LogP contribution in [0.2, 0.25) is 5.02 Å². The Kier molecular flexibility index (Phi) is 5.23. The summed E-state index contributed by atoms with van der Waals surface area (Å²) in [6.45, 7) is 2.89. The van der Waals surface area contributed by atoms with E-state index in [9.17, 15) is 4.79 Å². The van der Waals surface area contributed by atoms with Crippen molar-refractivity contribution < 1.29 is 4.79 Å². The molecule has 2 aromatic carbocycles. The number of benzene rings is 2. The first-order valence-electron chi connectivity index (χ1n) is 6.84. The van der Waals surface area contributed by atoms with Crippen LogP contribution in [0.1, 0.15) is 18.1 Å². The second kappa shape index (κ2) is 7.14. The minimum atomic E-state index is 0.0579. The molecule has 0 aliphatic rings. The molecule has 110 valence electrons. The lowest BCUT2D eigenvalue weighted by Gasteiger charge is -2.18. The Hall–Kier alpha value is -2.00. The average molecular weight is 303 g/mol. The van der Waals surface area contributed by atoms with Crippen molar-refractivity contribution in [2.24, 2.45) is 0 Å². The standard InChI is InChI=1S/C17H19ClN2O/c1-13(21)20(2)12-15-5-3-4-6-17(15)19-11-14-7-9-16(18)10-8-14/h3-10,19H,11-12H2,1-2H3. The maximum atomic E-state index is 11.4. The molecule has 0 aliphatic heterocycles. The van der Waals surface area contributed by atoms with Crippen LogP contribution < -0.4 is 5.32 Å². The minimum Gasteiger partial charge on any atom is -0.381 e. The number of carbonyl (C=O) groups excluding carboxylic acids is 1. The molecular formula is C17H19ClN2O. The third-order valence-corrected chi connectivity index (χ3v) is 3.61. The zero-order valence-electron chi connectivity index (χ0n) is 12.3. The number of nitrogens with zero attached hydrogens (tertiary/aromatic N) is 1. The van der Waals surface area contributed by atoms with Gasteiger partial charge in [-0.25, -0.2) is 0 Å². The van der Waals surface area contributed by atoms with Gasteiger partial charge in [-0.3, -0.25) is 4.79 Å². The molecule has 2 aromatic rings. The lowest BCUT2D eigenvalue weighted by atomic mass is 10.1. The predicted molar refractivity (Wildman–Crippen MR) is 87.4 cm³/mol. The van der Waals surface area contributed by atoms with Gasteiger partial charge in [-0.2, -0.15) is 0 Å². The Balaban J connectivity index is 2.06. The van der Waals surface area contributed by atoms with Gasteiger partial charge in [-0.05, 0) is 29.3 Å². The Morgan fingerprint density at radius 3 is 2.48 bits per heavy atom. The van der Waals surface area contributed by atoms with E-state index in [0.717, 1.165) is 28.4 Å². The molecule has 0 aromatic heterocycles. The lowest BCUT2D eigenvalue weighted by Crippen LogP contribution is -2.23. The monoisotopic (exact) mass is 302 g/mol. The fourth-order valence-electron chi connectivity index (χ4n) is 2.00. The van der Waals surface area contributed by atoms with E-state index in [0.29, 0.717) is 6.54 Å². The molecule has 1 N–H and O–H groups in total.